The van der Waals surface area contributed by atoms with Crippen LogP contribution in [0, 0.1) is 5.82 Å². The Morgan fingerprint density at radius 3 is 2.55 bits per heavy atom. The largest absolute Gasteiger partial charge is 0.486 e. The topological polar surface area (TPSA) is 46.5 Å². The first kappa shape index (κ1) is 15.0. The van der Waals surface area contributed by atoms with E-state index in [1.54, 1.807) is 0 Å². The average Bonchev–Trinajstić information content (AvgIpc) is 2.41. The van der Waals surface area contributed by atoms with Crippen LogP contribution in [-0.4, -0.2) is 11.1 Å². The van der Waals surface area contributed by atoms with Crippen molar-refractivity contribution in [2.75, 3.05) is 0 Å². The molecule has 2 aromatic carbocycles. The normalized spacial score (nSPS) is 10.3. The molecule has 0 fully saturated rings. The molecule has 1 N–H and O–H groups in total. The third-order valence-electron chi connectivity index (χ3n) is 2.62. The summed E-state index contributed by atoms with van der Waals surface area (Å²) in [6.45, 7) is 0.178. The van der Waals surface area contributed by atoms with Crippen molar-refractivity contribution in [3.05, 3.63) is 62.3 Å². The molecule has 0 spiro atoms. The smallest absolute Gasteiger partial charge is 0.336 e. The Morgan fingerprint density at radius 2 is 1.90 bits per heavy atom. The fourth-order valence-corrected chi connectivity index (χ4v) is 2.48. The van der Waals surface area contributed by atoms with Crippen molar-refractivity contribution in [1.29, 1.82) is 0 Å². The Balaban J connectivity index is 2.21. The molecule has 0 unspecified atom stereocenters. The van der Waals surface area contributed by atoms with Crippen molar-refractivity contribution in [3.63, 3.8) is 0 Å². The standard InChI is InChI=1S/C14H9Br2FO3/c15-10-4-2-1-3-8(10)7-20-11-6-5-9(14(18)19)12(16)13(11)17/h1-6H,7H2,(H,18,19). The van der Waals surface area contributed by atoms with Gasteiger partial charge in [0.05, 0.1) is 10.0 Å². The lowest BCUT2D eigenvalue weighted by molar-refractivity contribution is 0.0695. The molecule has 20 heavy (non-hydrogen) atoms. The lowest BCUT2D eigenvalue weighted by Crippen LogP contribution is -2.03. The van der Waals surface area contributed by atoms with Gasteiger partial charge in [-0.2, -0.15) is 0 Å². The number of hydrogen-bond acceptors (Lipinski definition) is 2. The van der Waals surface area contributed by atoms with E-state index >= 15 is 0 Å². The second-order valence-corrected chi connectivity index (χ2v) is 5.57. The maximum Gasteiger partial charge on any atom is 0.336 e. The van der Waals surface area contributed by atoms with Crippen LogP contribution in [0.4, 0.5) is 4.39 Å². The third-order valence-corrected chi connectivity index (χ3v) is 4.17. The summed E-state index contributed by atoms with van der Waals surface area (Å²) in [5.41, 5.74) is 0.723. The molecule has 104 valence electrons. The van der Waals surface area contributed by atoms with Crippen LogP contribution in [-0.2, 0) is 6.61 Å². The Kier molecular flexibility index (Phi) is 4.77. The Bertz CT molecular complexity index is 659. The zero-order valence-corrected chi connectivity index (χ0v) is 13.2. The van der Waals surface area contributed by atoms with E-state index in [2.05, 4.69) is 31.9 Å². The molecule has 0 aromatic heterocycles. The molecule has 0 atom stereocenters. The van der Waals surface area contributed by atoms with Gasteiger partial charge in [-0.15, -0.1) is 0 Å². The van der Waals surface area contributed by atoms with Gasteiger partial charge in [-0.25, -0.2) is 9.18 Å². The molecule has 0 bridgehead atoms. The molecular weight excluding hydrogens is 395 g/mol. The van der Waals surface area contributed by atoms with Gasteiger partial charge in [0.25, 0.3) is 0 Å². The highest BCUT2D eigenvalue weighted by Gasteiger charge is 2.16. The van der Waals surface area contributed by atoms with Crippen molar-refractivity contribution in [3.8, 4) is 5.75 Å². The maximum absolute atomic E-state index is 14.0. The maximum atomic E-state index is 14.0. The Morgan fingerprint density at radius 1 is 1.20 bits per heavy atom. The van der Waals surface area contributed by atoms with Crippen LogP contribution in [0.1, 0.15) is 15.9 Å². The van der Waals surface area contributed by atoms with E-state index in [1.807, 2.05) is 24.3 Å². The number of halogens is 3. The summed E-state index contributed by atoms with van der Waals surface area (Å²) in [5, 5.41) is 8.88. The third kappa shape index (κ3) is 3.19. The van der Waals surface area contributed by atoms with E-state index in [9.17, 15) is 9.18 Å². The number of hydrogen-bond donors (Lipinski definition) is 1. The lowest BCUT2D eigenvalue weighted by atomic mass is 10.2. The molecule has 0 aliphatic rings. The van der Waals surface area contributed by atoms with E-state index in [-0.39, 0.29) is 22.4 Å². The number of benzene rings is 2. The van der Waals surface area contributed by atoms with Gasteiger partial charge in [0.2, 0.25) is 0 Å². The van der Waals surface area contributed by atoms with Crippen LogP contribution in [0.25, 0.3) is 0 Å². The highest BCUT2D eigenvalue weighted by molar-refractivity contribution is 9.10. The lowest BCUT2D eigenvalue weighted by Gasteiger charge is -2.10. The summed E-state index contributed by atoms with van der Waals surface area (Å²) in [6, 6.07) is 10.0. The summed E-state index contributed by atoms with van der Waals surface area (Å²) in [6.07, 6.45) is 0. The zero-order valence-electron chi connectivity index (χ0n) is 10.1. The summed E-state index contributed by atoms with van der Waals surface area (Å²) < 4.78 is 20.1. The van der Waals surface area contributed by atoms with Crippen molar-refractivity contribution in [2.24, 2.45) is 0 Å². The Labute approximate surface area is 131 Å². The van der Waals surface area contributed by atoms with Crippen molar-refractivity contribution < 1.29 is 19.0 Å². The zero-order chi connectivity index (χ0) is 14.7. The van der Waals surface area contributed by atoms with E-state index in [0.29, 0.717) is 0 Å². The Hall–Kier alpha value is -1.40. The molecule has 6 heteroatoms. The fraction of sp³-hybridized carbons (Fsp3) is 0.0714. The number of carbonyl (C=O) groups is 1. The highest BCUT2D eigenvalue weighted by atomic mass is 79.9. The monoisotopic (exact) mass is 402 g/mol. The first-order chi connectivity index (χ1) is 9.50. The highest BCUT2D eigenvalue weighted by Crippen LogP contribution is 2.29. The molecule has 0 amide bonds. The minimum atomic E-state index is -1.20. The molecule has 0 saturated carbocycles. The minimum Gasteiger partial charge on any atom is -0.486 e. The van der Waals surface area contributed by atoms with Gasteiger partial charge in [0.15, 0.2) is 11.6 Å². The summed E-state index contributed by atoms with van der Waals surface area (Å²) in [7, 11) is 0. The number of carboxylic acid groups (broad SMARTS) is 1. The first-order valence-corrected chi connectivity index (χ1v) is 7.17. The van der Waals surface area contributed by atoms with Gasteiger partial charge in [0.1, 0.15) is 6.61 Å². The minimum absolute atomic E-state index is 0.00220. The average molecular weight is 404 g/mol. The molecule has 0 aliphatic heterocycles. The van der Waals surface area contributed by atoms with Crippen LogP contribution in [0.3, 0.4) is 0 Å². The van der Waals surface area contributed by atoms with Crippen molar-refractivity contribution in [2.45, 2.75) is 6.61 Å². The molecule has 3 nitrogen and oxygen atoms in total. The van der Waals surface area contributed by atoms with Crippen LogP contribution in [0.15, 0.2) is 45.3 Å². The van der Waals surface area contributed by atoms with Crippen LogP contribution < -0.4 is 4.74 Å². The molecule has 0 saturated heterocycles. The molecule has 2 rings (SSSR count). The number of ether oxygens (including phenoxy) is 1. The second kappa shape index (κ2) is 6.37. The summed E-state index contributed by atoms with van der Waals surface area (Å²) in [4.78, 5) is 10.9. The molecule has 2 aromatic rings. The van der Waals surface area contributed by atoms with Crippen molar-refractivity contribution in [1.82, 2.24) is 0 Å². The first-order valence-electron chi connectivity index (χ1n) is 5.58. The summed E-state index contributed by atoms with van der Waals surface area (Å²) >= 11 is 6.30. The molecule has 0 aliphatic carbocycles. The quantitative estimate of drug-likeness (QED) is 0.809. The van der Waals surface area contributed by atoms with E-state index in [0.717, 1.165) is 10.0 Å². The number of rotatable bonds is 4. The fourth-order valence-electron chi connectivity index (χ4n) is 1.58. The number of carboxylic acids is 1. The van der Waals surface area contributed by atoms with E-state index < -0.39 is 11.8 Å². The van der Waals surface area contributed by atoms with Crippen LogP contribution in [0.2, 0.25) is 0 Å². The second-order valence-electron chi connectivity index (χ2n) is 3.92. The number of aromatic carboxylic acids is 1. The molecule has 0 heterocycles. The van der Waals surface area contributed by atoms with Gasteiger partial charge < -0.3 is 9.84 Å². The van der Waals surface area contributed by atoms with E-state index in [4.69, 9.17) is 9.84 Å². The SMILES string of the molecule is O=C(O)c1ccc(OCc2ccccc2Br)c(F)c1Br. The van der Waals surface area contributed by atoms with Gasteiger partial charge in [-0.1, -0.05) is 34.1 Å². The van der Waals surface area contributed by atoms with Gasteiger partial charge in [-0.3, -0.25) is 0 Å². The summed E-state index contributed by atoms with van der Waals surface area (Å²) in [5.74, 6) is -1.93. The van der Waals surface area contributed by atoms with Crippen molar-refractivity contribution >= 4 is 37.8 Å². The van der Waals surface area contributed by atoms with Gasteiger partial charge in [-0.05, 0) is 34.1 Å². The predicted molar refractivity (Wildman–Crippen MR) is 79.5 cm³/mol. The van der Waals surface area contributed by atoms with Crippen LogP contribution >= 0.6 is 31.9 Å². The van der Waals surface area contributed by atoms with Gasteiger partial charge in [0, 0.05) is 10.0 Å². The molecular formula is C14H9Br2FO3. The molecule has 0 radical (unpaired) electrons. The van der Waals surface area contributed by atoms with E-state index in [1.165, 1.54) is 12.1 Å². The van der Waals surface area contributed by atoms with Crippen LogP contribution in [0.5, 0.6) is 5.75 Å². The van der Waals surface area contributed by atoms with Gasteiger partial charge >= 0.3 is 5.97 Å². The predicted octanol–water partition coefficient (Wildman–Crippen LogP) is 4.63.